The molecule has 0 N–H and O–H groups in total. The van der Waals surface area contributed by atoms with Crippen LogP contribution >= 0.6 is 0 Å². The molecule has 0 aromatic carbocycles. The summed E-state index contributed by atoms with van der Waals surface area (Å²) < 4.78 is 0. The summed E-state index contributed by atoms with van der Waals surface area (Å²) in [6, 6.07) is 0. The predicted octanol–water partition coefficient (Wildman–Crippen LogP) is -1.77. The van der Waals surface area contributed by atoms with Crippen molar-refractivity contribution < 1.29 is 58.2 Å². The monoisotopic (exact) mass is 128 g/mol. The van der Waals surface area contributed by atoms with Gasteiger partial charge in [0.1, 0.15) is 0 Å². The molecule has 0 saturated heterocycles. The van der Waals surface area contributed by atoms with Crippen LogP contribution in [0.2, 0.25) is 0 Å². The predicted molar refractivity (Wildman–Crippen MR) is 15.6 cm³/mol. The van der Waals surface area contributed by atoms with Crippen LogP contribution in [0.4, 0.5) is 0 Å². The summed E-state index contributed by atoms with van der Waals surface area (Å²) in [7, 11) is 0. The molecule has 0 aromatic heterocycles. The third-order valence-corrected chi connectivity index (χ3v) is 0. The summed E-state index contributed by atoms with van der Waals surface area (Å²) in [6.45, 7) is 4.00. The average molecular weight is 129 g/mol. The zero-order chi connectivity index (χ0) is 2.71. The standard InChI is InChI=1S/C3H7.Rb/c1-3-2;/h3H,1-2H3;/q-1;+1. The van der Waals surface area contributed by atoms with E-state index < -0.39 is 0 Å². The molecule has 0 atom stereocenters. The van der Waals surface area contributed by atoms with Crippen LogP contribution in [0.15, 0.2) is 0 Å². The quantitative estimate of drug-likeness (QED) is 0.339. The van der Waals surface area contributed by atoms with E-state index in [1.807, 2.05) is 20.3 Å². The Balaban J connectivity index is 0. The molecule has 1 heteroatoms. The number of hydrogen-bond acceptors (Lipinski definition) is 0. The van der Waals surface area contributed by atoms with Crippen molar-refractivity contribution in [2.45, 2.75) is 13.8 Å². The Hall–Kier alpha value is 1.81. The topological polar surface area (TPSA) is 0 Å². The van der Waals surface area contributed by atoms with E-state index in [-0.39, 0.29) is 58.2 Å². The zero-order valence-electron chi connectivity index (χ0n) is 3.58. The minimum Gasteiger partial charge on any atom is -0.335 e. The maximum atomic E-state index is 2.00. The maximum absolute atomic E-state index is 2.00. The first-order valence-electron chi connectivity index (χ1n) is 1.15. The van der Waals surface area contributed by atoms with Crippen molar-refractivity contribution in [1.29, 1.82) is 0 Å². The van der Waals surface area contributed by atoms with E-state index in [0.717, 1.165) is 0 Å². The molecule has 0 heterocycles. The van der Waals surface area contributed by atoms with E-state index in [0.29, 0.717) is 0 Å². The van der Waals surface area contributed by atoms with Crippen LogP contribution in [-0.2, 0) is 0 Å². The molecule has 20 valence electrons. The molecule has 0 aliphatic rings. The largest absolute Gasteiger partial charge is 1.00 e. The van der Waals surface area contributed by atoms with E-state index in [9.17, 15) is 0 Å². The number of rotatable bonds is 0. The van der Waals surface area contributed by atoms with Gasteiger partial charge in [0.25, 0.3) is 0 Å². The van der Waals surface area contributed by atoms with Crippen LogP contribution in [0.1, 0.15) is 13.8 Å². The second-order valence-electron chi connectivity index (χ2n) is 0.577. The van der Waals surface area contributed by atoms with Crippen LogP contribution in [0.5, 0.6) is 0 Å². The van der Waals surface area contributed by atoms with Gasteiger partial charge < -0.3 is 6.42 Å². The average Bonchev–Trinajstić information content (AvgIpc) is 0.918. The fourth-order valence-corrected chi connectivity index (χ4v) is 0. The van der Waals surface area contributed by atoms with Gasteiger partial charge in [-0.2, -0.15) is 13.8 Å². The van der Waals surface area contributed by atoms with Crippen LogP contribution < -0.4 is 58.2 Å². The van der Waals surface area contributed by atoms with Crippen molar-refractivity contribution in [3.63, 3.8) is 0 Å². The summed E-state index contributed by atoms with van der Waals surface area (Å²) in [4.78, 5) is 0. The summed E-state index contributed by atoms with van der Waals surface area (Å²) in [6.07, 6.45) is 2.00. The summed E-state index contributed by atoms with van der Waals surface area (Å²) in [5, 5.41) is 0. The minimum atomic E-state index is 0. The van der Waals surface area contributed by atoms with Crippen molar-refractivity contribution in [3.8, 4) is 0 Å². The first kappa shape index (κ1) is 9.26. The Morgan fingerprint density at radius 2 is 1.25 bits per heavy atom. The third kappa shape index (κ3) is 9.19. The SMILES string of the molecule is C[CH-]C.[Rb+]. The van der Waals surface area contributed by atoms with Gasteiger partial charge in [-0.15, -0.1) is 0 Å². The first-order valence-corrected chi connectivity index (χ1v) is 1.15. The Labute approximate surface area is 76.8 Å². The number of hydrogen-bond donors (Lipinski definition) is 0. The van der Waals surface area contributed by atoms with Crippen molar-refractivity contribution in [3.05, 3.63) is 6.42 Å². The summed E-state index contributed by atoms with van der Waals surface area (Å²) >= 11 is 0. The van der Waals surface area contributed by atoms with E-state index >= 15 is 0 Å². The van der Waals surface area contributed by atoms with Gasteiger partial charge in [-0.3, -0.25) is 0 Å². The van der Waals surface area contributed by atoms with Crippen molar-refractivity contribution >= 4 is 0 Å². The molecule has 0 aromatic rings. The van der Waals surface area contributed by atoms with E-state index in [1.165, 1.54) is 0 Å². The molecule has 0 bridgehead atoms. The Morgan fingerprint density at radius 3 is 1.25 bits per heavy atom. The Bertz CT molecular complexity index is 3.25. The molecule has 0 aliphatic carbocycles. The van der Waals surface area contributed by atoms with Gasteiger partial charge >= 0.3 is 58.2 Å². The van der Waals surface area contributed by atoms with E-state index in [2.05, 4.69) is 0 Å². The molecule has 0 rings (SSSR count). The van der Waals surface area contributed by atoms with Crippen molar-refractivity contribution in [2.24, 2.45) is 0 Å². The normalized spacial score (nSPS) is 4.50. The van der Waals surface area contributed by atoms with Gasteiger partial charge in [0.2, 0.25) is 0 Å². The second kappa shape index (κ2) is 8.84. The molecule has 0 unspecified atom stereocenters. The fourth-order valence-electron chi connectivity index (χ4n) is 0. The third-order valence-electron chi connectivity index (χ3n) is 0. The van der Waals surface area contributed by atoms with Crippen LogP contribution in [0, 0.1) is 6.42 Å². The minimum absolute atomic E-state index is 0. The molecular formula is C3H7Rb. The van der Waals surface area contributed by atoms with Crippen molar-refractivity contribution in [1.82, 2.24) is 0 Å². The van der Waals surface area contributed by atoms with Gasteiger partial charge in [-0.05, 0) is 0 Å². The molecule has 0 spiro atoms. The molecule has 0 aliphatic heterocycles. The van der Waals surface area contributed by atoms with Crippen molar-refractivity contribution in [2.75, 3.05) is 0 Å². The smallest absolute Gasteiger partial charge is 0.335 e. The van der Waals surface area contributed by atoms with E-state index in [4.69, 9.17) is 0 Å². The molecule has 0 nitrogen and oxygen atoms in total. The Kier molecular flexibility index (Phi) is 20.5. The van der Waals surface area contributed by atoms with Crippen LogP contribution in [-0.4, -0.2) is 0 Å². The Morgan fingerprint density at radius 1 is 1.25 bits per heavy atom. The molecular weight excluding hydrogens is 122 g/mol. The summed E-state index contributed by atoms with van der Waals surface area (Å²) in [5.74, 6) is 0. The zero-order valence-corrected chi connectivity index (χ0v) is 8.49. The molecule has 0 radical (unpaired) electrons. The van der Waals surface area contributed by atoms with Gasteiger partial charge in [0.05, 0.1) is 0 Å². The molecule has 4 heavy (non-hydrogen) atoms. The molecule has 0 saturated carbocycles. The van der Waals surface area contributed by atoms with Gasteiger partial charge in [0, 0.05) is 0 Å². The molecule has 0 amide bonds. The van der Waals surface area contributed by atoms with Gasteiger partial charge in [0.15, 0.2) is 0 Å². The summed E-state index contributed by atoms with van der Waals surface area (Å²) in [5.41, 5.74) is 0. The van der Waals surface area contributed by atoms with Crippen LogP contribution in [0.25, 0.3) is 0 Å². The second-order valence-corrected chi connectivity index (χ2v) is 0.577. The molecule has 0 fully saturated rings. The van der Waals surface area contributed by atoms with Crippen LogP contribution in [0.3, 0.4) is 0 Å². The fraction of sp³-hybridized carbons (Fsp3) is 0.667. The first-order chi connectivity index (χ1) is 1.41. The van der Waals surface area contributed by atoms with Gasteiger partial charge in [-0.1, -0.05) is 0 Å². The van der Waals surface area contributed by atoms with E-state index in [1.54, 1.807) is 0 Å². The van der Waals surface area contributed by atoms with Gasteiger partial charge in [-0.25, -0.2) is 0 Å². The maximum Gasteiger partial charge on any atom is 1.00 e.